The Balaban J connectivity index is 1.64. The number of benzene rings is 1. The third kappa shape index (κ3) is 2.89. The van der Waals surface area contributed by atoms with Crippen molar-refractivity contribution >= 4 is 5.91 Å². The first-order valence-corrected chi connectivity index (χ1v) is 7.49. The normalized spacial score (nSPS) is 18.0. The van der Waals surface area contributed by atoms with Gasteiger partial charge in [0.15, 0.2) is 12.1 Å². The molecule has 1 aliphatic heterocycles. The maximum atomic E-state index is 13.3. The summed E-state index contributed by atoms with van der Waals surface area (Å²) in [6.07, 6.45) is 3.12. The number of carbonyl (C=O) groups excluding carboxylic acids is 1. The highest BCUT2D eigenvalue weighted by Gasteiger charge is 2.29. The monoisotopic (exact) mass is 302 g/mol. The Morgan fingerprint density at radius 2 is 2.27 bits per heavy atom. The van der Waals surface area contributed by atoms with Gasteiger partial charge in [-0.15, -0.1) is 0 Å². The summed E-state index contributed by atoms with van der Waals surface area (Å²) in [5.74, 6) is 0.723. The van der Waals surface area contributed by atoms with E-state index in [0.717, 1.165) is 24.9 Å². The highest BCUT2D eigenvalue weighted by Crippen LogP contribution is 2.23. The van der Waals surface area contributed by atoms with Crippen molar-refractivity contribution in [2.75, 3.05) is 13.1 Å². The maximum Gasteiger partial charge on any atom is 0.276 e. The van der Waals surface area contributed by atoms with Crippen molar-refractivity contribution in [3.8, 4) is 0 Å². The average Bonchev–Trinajstić information content (AvgIpc) is 3.11. The number of aryl methyl sites for hydroxylation is 2. The first-order valence-electron chi connectivity index (χ1n) is 7.49. The molecule has 0 N–H and O–H groups in total. The van der Waals surface area contributed by atoms with Crippen LogP contribution >= 0.6 is 0 Å². The molecule has 1 amide bonds. The van der Waals surface area contributed by atoms with E-state index in [1.165, 1.54) is 12.5 Å². The fourth-order valence-corrected chi connectivity index (χ4v) is 3.01. The third-order valence-corrected chi connectivity index (χ3v) is 4.27. The zero-order valence-electron chi connectivity index (χ0n) is 12.8. The van der Waals surface area contributed by atoms with E-state index in [1.54, 1.807) is 13.8 Å². The fourth-order valence-electron chi connectivity index (χ4n) is 3.01. The fraction of sp³-hybridized carbons (Fsp3) is 0.412. The Kier molecular flexibility index (Phi) is 3.96. The van der Waals surface area contributed by atoms with Gasteiger partial charge in [-0.2, -0.15) is 0 Å². The third-order valence-electron chi connectivity index (χ3n) is 4.27. The molecule has 4 nitrogen and oxygen atoms in total. The van der Waals surface area contributed by atoms with E-state index in [0.29, 0.717) is 29.5 Å². The van der Waals surface area contributed by atoms with Crippen LogP contribution in [0.3, 0.4) is 0 Å². The lowest BCUT2D eigenvalue weighted by molar-refractivity contribution is 0.0780. The second-order valence-electron chi connectivity index (χ2n) is 5.95. The molecule has 1 aromatic heterocycles. The molecule has 2 aromatic rings. The van der Waals surface area contributed by atoms with Crippen molar-refractivity contribution in [1.29, 1.82) is 0 Å². The Labute approximate surface area is 129 Å². The van der Waals surface area contributed by atoms with Crippen LogP contribution in [0.1, 0.15) is 33.8 Å². The van der Waals surface area contributed by atoms with E-state index in [2.05, 4.69) is 4.98 Å². The molecule has 3 rings (SSSR count). The second kappa shape index (κ2) is 5.91. The molecule has 1 fully saturated rings. The molecule has 0 aliphatic carbocycles. The van der Waals surface area contributed by atoms with Crippen LogP contribution in [0, 0.1) is 25.6 Å². The lowest BCUT2D eigenvalue weighted by Gasteiger charge is -2.15. The molecule has 0 bridgehead atoms. The zero-order chi connectivity index (χ0) is 15.7. The molecule has 22 heavy (non-hydrogen) atoms. The minimum absolute atomic E-state index is 0.0657. The van der Waals surface area contributed by atoms with Crippen LogP contribution in [0.4, 0.5) is 4.39 Å². The minimum Gasteiger partial charge on any atom is -0.448 e. The summed E-state index contributed by atoms with van der Waals surface area (Å²) in [7, 11) is 0. The van der Waals surface area contributed by atoms with Gasteiger partial charge in [0.25, 0.3) is 5.91 Å². The number of likely N-dealkylation sites (tertiary alicyclic amines) is 1. The Morgan fingerprint density at radius 3 is 2.95 bits per heavy atom. The van der Waals surface area contributed by atoms with Gasteiger partial charge in [-0.05, 0) is 49.8 Å². The van der Waals surface area contributed by atoms with Crippen LogP contribution in [0.15, 0.2) is 29.0 Å². The number of nitrogens with zero attached hydrogens (tertiary/aromatic N) is 2. The van der Waals surface area contributed by atoms with Gasteiger partial charge in [-0.3, -0.25) is 4.79 Å². The number of hydrogen-bond acceptors (Lipinski definition) is 3. The van der Waals surface area contributed by atoms with Crippen molar-refractivity contribution in [3.05, 3.63) is 53.0 Å². The molecular formula is C17H19FN2O2. The van der Waals surface area contributed by atoms with E-state index in [1.807, 2.05) is 17.0 Å². The molecule has 2 heterocycles. The van der Waals surface area contributed by atoms with Crippen LogP contribution in [0.25, 0.3) is 0 Å². The van der Waals surface area contributed by atoms with Crippen molar-refractivity contribution in [3.63, 3.8) is 0 Å². The van der Waals surface area contributed by atoms with E-state index in [-0.39, 0.29) is 11.7 Å². The zero-order valence-corrected chi connectivity index (χ0v) is 12.8. The lowest BCUT2D eigenvalue weighted by Crippen LogP contribution is -2.29. The van der Waals surface area contributed by atoms with Gasteiger partial charge in [-0.1, -0.05) is 12.1 Å². The van der Waals surface area contributed by atoms with Crippen molar-refractivity contribution in [2.45, 2.75) is 26.7 Å². The summed E-state index contributed by atoms with van der Waals surface area (Å²) in [6.45, 7) is 4.96. The summed E-state index contributed by atoms with van der Waals surface area (Å²) < 4.78 is 18.4. The van der Waals surface area contributed by atoms with Crippen molar-refractivity contribution in [2.24, 2.45) is 5.92 Å². The standard InChI is InChI=1S/C17H19FN2O2/c1-11-7-13(3-4-15(11)18)8-14-5-6-20(9-14)17(21)16-12(2)22-10-19-16/h3-4,7,10,14H,5-6,8-9H2,1-2H3. The lowest BCUT2D eigenvalue weighted by atomic mass is 9.97. The molecular weight excluding hydrogens is 283 g/mol. The highest BCUT2D eigenvalue weighted by molar-refractivity contribution is 5.93. The SMILES string of the molecule is Cc1cc(CC2CCN(C(=O)c3ncoc3C)C2)ccc1F. The largest absolute Gasteiger partial charge is 0.448 e. The summed E-state index contributed by atoms with van der Waals surface area (Å²) in [5.41, 5.74) is 2.19. The molecule has 1 atom stereocenters. The number of hydrogen-bond donors (Lipinski definition) is 0. The van der Waals surface area contributed by atoms with Gasteiger partial charge in [-0.25, -0.2) is 9.37 Å². The molecule has 0 spiro atoms. The van der Waals surface area contributed by atoms with Crippen molar-refractivity contribution < 1.29 is 13.6 Å². The molecule has 116 valence electrons. The van der Waals surface area contributed by atoms with Gasteiger partial charge in [0.2, 0.25) is 0 Å². The first kappa shape index (κ1) is 14.8. The number of aromatic nitrogens is 1. The summed E-state index contributed by atoms with van der Waals surface area (Å²) in [5, 5.41) is 0. The number of oxazole rings is 1. The first-order chi connectivity index (χ1) is 10.5. The van der Waals surface area contributed by atoms with Crippen LogP contribution in [0.5, 0.6) is 0 Å². The van der Waals surface area contributed by atoms with Crippen LogP contribution in [-0.4, -0.2) is 28.9 Å². The smallest absolute Gasteiger partial charge is 0.276 e. The molecule has 0 saturated carbocycles. The number of carbonyl (C=O) groups is 1. The summed E-state index contributed by atoms with van der Waals surface area (Å²) in [6, 6.07) is 5.23. The Bertz CT molecular complexity index is 696. The predicted molar refractivity (Wildman–Crippen MR) is 80.1 cm³/mol. The predicted octanol–water partition coefficient (Wildman–Crippen LogP) is 3.14. The molecule has 1 saturated heterocycles. The topological polar surface area (TPSA) is 46.3 Å². The van der Waals surface area contributed by atoms with E-state index >= 15 is 0 Å². The Hall–Kier alpha value is -2.17. The molecule has 0 radical (unpaired) electrons. The van der Waals surface area contributed by atoms with Crippen LogP contribution in [-0.2, 0) is 6.42 Å². The minimum atomic E-state index is -0.173. The van der Waals surface area contributed by atoms with E-state index in [9.17, 15) is 9.18 Å². The maximum absolute atomic E-state index is 13.3. The van der Waals surface area contributed by atoms with E-state index in [4.69, 9.17) is 4.42 Å². The van der Waals surface area contributed by atoms with Crippen LogP contribution < -0.4 is 0 Å². The van der Waals surface area contributed by atoms with Gasteiger partial charge >= 0.3 is 0 Å². The summed E-state index contributed by atoms with van der Waals surface area (Å²) >= 11 is 0. The van der Waals surface area contributed by atoms with E-state index < -0.39 is 0 Å². The van der Waals surface area contributed by atoms with Gasteiger partial charge in [0.1, 0.15) is 11.6 Å². The Morgan fingerprint density at radius 1 is 1.45 bits per heavy atom. The number of halogens is 1. The summed E-state index contributed by atoms with van der Waals surface area (Å²) in [4.78, 5) is 18.2. The number of amides is 1. The van der Waals surface area contributed by atoms with Crippen molar-refractivity contribution in [1.82, 2.24) is 9.88 Å². The quantitative estimate of drug-likeness (QED) is 0.875. The van der Waals surface area contributed by atoms with Crippen LogP contribution in [0.2, 0.25) is 0 Å². The second-order valence-corrected chi connectivity index (χ2v) is 5.95. The molecule has 1 aromatic carbocycles. The van der Waals surface area contributed by atoms with Gasteiger partial charge in [0, 0.05) is 13.1 Å². The molecule has 1 aliphatic rings. The van der Waals surface area contributed by atoms with Gasteiger partial charge < -0.3 is 9.32 Å². The van der Waals surface area contributed by atoms with Gasteiger partial charge in [0.05, 0.1) is 0 Å². The highest BCUT2D eigenvalue weighted by atomic mass is 19.1. The molecule has 1 unspecified atom stereocenters. The average molecular weight is 302 g/mol. The molecule has 5 heteroatoms. The number of rotatable bonds is 3.